The lowest BCUT2D eigenvalue weighted by molar-refractivity contribution is 0.0696. The van der Waals surface area contributed by atoms with Crippen LogP contribution in [0.4, 0.5) is 5.69 Å². The highest BCUT2D eigenvalue weighted by Gasteiger charge is 2.30. The number of ether oxygens (including phenoxy) is 1. The molecular formula is C29H48N2O5S. The summed E-state index contributed by atoms with van der Waals surface area (Å²) in [7, 11) is -3.98. The number of rotatable bonds is 13. The van der Waals surface area contributed by atoms with E-state index in [-0.39, 0.29) is 16.2 Å². The number of carboxylic acids is 1. The summed E-state index contributed by atoms with van der Waals surface area (Å²) in [5, 5.41) is 12.8. The standard InChI is InChI=1S/C23H32N2O5S.2C3H8/c1-4-7-13-24-20-16-18(23(26)27)17-21(22(20)30-19-11-9-8-10-12-19)31(28,29)25(14-5-2)15-6-3;2*1-3-2/h8-12,16-17,24H,4-7,13-15H2,1-3H3,(H,26,27);2*3H2,1-2H3. The minimum atomic E-state index is -3.98. The van der Waals surface area contributed by atoms with Crippen LogP contribution in [0.1, 0.15) is 97.3 Å². The van der Waals surface area contributed by atoms with Crippen molar-refractivity contribution in [3.05, 3.63) is 48.0 Å². The smallest absolute Gasteiger partial charge is 0.335 e. The summed E-state index contributed by atoms with van der Waals surface area (Å²) in [5.74, 6) is -0.610. The van der Waals surface area contributed by atoms with Crippen LogP contribution in [0.2, 0.25) is 0 Å². The third kappa shape index (κ3) is 12.0. The number of anilines is 1. The van der Waals surface area contributed by atoms with Crippen LogP contribution in [0.15, 0.2) is 47.4 Å². The number of nitrogens with one attached hydrogen (secondary N) is 1. The minimum Gasteiger partial charge on any atom is -0.478 e. The number of nitrogens with zero attached hydrogens (tertiary/aromatic N) is 1. The van der Waals surface area contributed by atoms with Gasteiger partial charge in [0.1, 0.15) is 10.6 Å². The maximum absolute atomic E-state index is 13.6. The molecule has 0 bridgehead atoms. The third-order valence-electron chi connectivity index (χ3n) is 4.67. The van der Waals surface area contributed by atoms with E-state index in [2.05, 4.69) is 33.0 Å². The van der Waals surface area contributed by atoms with Crippen LogP contribution < -0.4 is 10.1 Å². The fourth-order valence-electron chi connectivity index (χ4n) is 3.15. The average Bonchev–Trinajstić information content (AvgIpc) is 2.86. The van der Waals surface area contributed by atoms with E-state index in [4.69, 9.17) is 4.74 Å². The van der Waals surface area contributed by atoms with Gasteiger partial charge in [0, 0.05) is 19.6 Å². The Labute approximate surface area is 225 Å². The summed E-state index contributed by atoms with van der Waals surface area (Å²) < 4.78 is 34.6. The number of hydrogen-bond acceptors (Lipinski definition) is 5. The number of para-hydroxylation sites is 1. The molecule has 0 heterocycles. The molecule has 0 aliphatic carbocycles. The number of carbonyl (C=O) groups is 1. The second-order valence-corrected chi connectivity index (χ2v) is 10.6. The Kier molecular flexibility index (Phi) is 18.2. The Balaban J connectivity index is 0.00000196. The first kappa shape index (κ1) is 34.4. The van der Waals surface area contributed by atoms with Gasteiger partial charge in [0.15, 0.2) is 5.75 Å². The van der Waals surface area contributed by atoms with E-state index in [1.54, 1.807) is 24.3 Å². The van der Waals surface area contributed by atoms with E-state index in [1.807, 2.05) is 26.8 Å². The Hall–Kier alpha value is -2.58. The summed E-state index contributed by atoms with van der Waals surface area (Å²) in [6.45, 7) is 15.6. The second kappa shape index (κ2) is 19.5. The Morgan fingerprint density at radius 1 is 0.892 bits per heavy atom. The quantitative estimate of drug-likeness (QED) is 0.252. The Morgan fingerprint density at radius 2 is 1.43 bits per heavy atom. The molecule has 0 amide bonds. The van der Waals surface area contributed by atoms with Gasteiger partial charge in [0.25, 0.3) is 0 Å². The number of aromatic carboxylic acids is 1. The molecule has 0 fully saturated rings. The van der Waals surface area contributed by atoms with Crippen LogP contribution in [0.5, 0.6) is 11.5 Å². The lowest BCUT2D eigenvalue weighted by Gasteiger charge is -2.24. The molecule has 0 aliphatic rings. The molecule has 0 unspecified atom stereocenters. The minimum absolute atomic E-state index is 0.106. The van der Waals surface area contributed by atoms with Gasteiger partial charge in [0.05, 0.1) is 11.3 Å². The molecule has 0 saturated carbocycles. The molecule has 8 heteroatoms. The molecule has 2 aromatic carbocycles. The van der Waals surface area contributed by atoms with Crippen molar-refractivity contribution in [2.45, 2.75) is 91.9 Å². The first-order valence-corrected chi connectivity index (χ1v) is 15.0. The summed E-state index contributed by atoms with van der Waals surface area (Å²) in [6, 6.07) is 11.5. The predicted molar refractivity (Wildman–Crippen MR) is 155 cm³/mol. The van der Waals surface area contributed by atoms with Gasteiger partial charge in [0.2, 0.25) is 10.0 Å². The average molecular weight is 537 g/mol. The van der Waals surface area contributed by atoms with Crippen molar-refractivity contribution >= 4 is 21.7 Å². The molecule has 2 rings (SSSR count). The van der Waals surface area contributed by atoms with E-state index >= 15 is 0 Å². The van der Waals surface area contributed by atoms with Crippen molar-refractivity contribution in [1.82, 2.24) is 4.31 Å². The lowest BCUT2D eigenvalue weighted by Crippen LogP contribution is -2.33. The predicted octanol–water partition coefficient (Wildman–Crippen LogP) is 8.03. The molecule has 0 saturated heterocycles. The lowest BCUT2D eigenvalue weighted by atomic mass is 10.1. The van der Waals surface area contributed by atoms with Gasteiger partial charge in [-0.15, -0.1) is 0 Å². The molecule has 0 spiro atoms. The number of hydrogen-bond donors (Lipinski definition) is 2. The molecule has 0 atom stereocenters. The SMILES string of the molecule is CCC.CCC.CCCCNc1cc(C(=O)O)cc(S(=O)(=O)N(CCC)CCC)c1Oc1ccccc1. The van der Waals surface area contributed by atoms with Crippen LogP contribution in [-0.2, 0) is 10.0 Å². The maximum Gasteiger partial charge on any atom is 0.335 e. The summed E-state index contributed by atoms with van der Waals surface area (Å²) in [6.07, 6.45) is 5.58. The number of benzene rings is 2. The molecule has 0 aliphatic heterocycles. The monoisotopic (exact) mass is 536 g/mol. The van der Waals surface area contributed by atoms with Crippen LogP contribution in [0, 0.1) is 0 Å². The van der Waals surface area contributed by atoms with Gasteiger partial charge in [-0.05, 0) is 43.5 Å². The molecule has 37 heavy (non-hydrogen) atoms. The number of unbranched alkanes of at least 4 members (excludes halogenated alkanes) is 1. The maximum atomic E-state index is 13.6. The van der Waals surface area contributed by atoms with Crippen molar-refractivity contribution in [1.29, 1.82) is 0 Å². The highest BCUT2D eigenvalue weighted by molar-refractivity contribution is 7.89. The van der Waals surface area contributed by atoms with Gasteiger partial charge in [-0.3, -0.25) is 0 Å². The van der Waals surface area contributed by atoms with Crippen molar-refractivity contribution in [3.63, 3.8) is 0 Å². The van der Waals surface area contributed by atoms with Crippen molar-refractivity contribution < 1.29 is 23.1 Å². The zero-order valence-electron chi connectivity index (χ0n) is 23.8. The molecule has 7 nitrogen and oxygen atoms in total. The van der Waals surface area contributed by atoms with Gasteiger partial charge in [-0.2, -0.15) is 4.31 Å². The number of sulfonamides is 1. The van der Waals surface area contributed by atoms with Crippen LogP contribution in [-0.4, -0.2) is 43.4 Å². The van der Waals surface area contributed by atoms with E-state index < -0.39 is 16.0 Å². The molecule has 2 N–H and O–H groups in total. The van der Waals surface area contributed by atoms with Crippen molar-refractivity contribution in [2.75, 3.05) is 25.0 Å². The third-order valence-corrected chi connectivity index (χ3v) is 6.58. The first-order chi connectivity index (χ1) is 17.7. The summed E-state index contributed by atoms with van der Waals surface area (Å²) >= 11 is 0. The Bertz CT molecular complexity index is 987. The largest absolute Gasteiger partial charge is 0.478 e. The number of carboxylic acid groups (broad SMARTS) is 1. The van der Waals surface area contributed by atoms with E-state index in [0.717, 1.165) is 12.8 Å². The van der Waals surface area contributed by atoms with E-state index in [1.165, 1.54) is 29.3 Å². The Morgan fingerprint density at radius 3 is 1.89 bits per heavy atom. The zero-order valence-corrected chi connectivity index (χ0v) is 24.7. The fraction of sp³-hybridized carbons (Fsp3) is 0.552. The zero-order chi connectivity index (χ0) is 28.3. The first-order valence-electron chi connectivity index (χ1n) is 13.6. The van der Waals surface area contributed by atoms with Gasteiger partial charge in [-0.25, -0.2) is 13.2 Å². The fourth-order valence-corrected chi connectivity index (χ4v) is 4.94. The van der Waals surface area contributed by atoms with E-state index in [0.29, 0.717) is 43.9 Å². The molecule has 0 aromatic heterocycles. The van der Waals surface area contributed by atoms with Gasteiger partial charge < -0.3 is 15.2 Å². The summed E-state index contributed by atoms with van der Waals surface area (Å²) in [5.41, 5.74) is 0.245. The molecular weight excluding hydrogens is 488 g/mol. The highest BCUT2D eigenvalue weighted by Crippen LogP contribution is 2.39. The van der Waals surface area contributed by atoms with Crippen LogP contribution in [0.3, 0.4) is 0 Å². The van der Waals surface area contributed by atoms with Crippen LogP contribution >= 0.6 is 0 Å². The van der Waals surface area contributed by atoms with Crippen molar-refractivity contribution in [2.24, 2.45) is 0 Å². The van der Waals surface area contributed by atoms with Gasteiger partial charge >= 0.3 is 5.97 Å². The normalized spacial score (nSPS) is 10.6. The molecule has 2 aromatic rings. The molecule has 210 valence electrons. The highest BCUT2D eigenvalue weighted by atomic mass is 32.2. The summed E-state index contributed by atoms with van der Waals surface area (Å²) in [4.78, 5) is 11.6. The van der Waals surface area contributed by atoms with Gasteiger partial charge in [-0.1, -0.05) is 85.9 Å². The second-order valence-electron chi connectivity index (χ2n) is 8.67. The van der Waals surface area contributed by atoms with E-state index in [9.17, 15) is 18.3 Å². The topological polar surface area (TPSA) is 95.9 Å². The van der Waals surface area contributed by atoms with Crippen molar-refractivity contribution in [3.8, 4) is 11.5 Å². The van der Waals surface area contributed by atoms with Crippen LogP contribution in [0.25, 0.3) is 0 Å². The molecule has 0 radical (unpaired) electrons.